The van der Waals surface area contributed by atoms with E-state index < -0.39 is 5.92 Å². The largest absolute Gasteiger partial charge is 0.465 e. The van der Waals surface area contributed by atoms with Gasteiger partial charge in [0.2, 0.25) is 0 Å². The quantitative estimate of drug-likeness (QED) is 0.0351. The molecular formula is C51H100O4. The van der Waals surface area contributed by atoms with Gasteiger partial charge >= 0.3 is 11.9 Å². The second-order valence-electron chi connectivity index (χ2n) is 17.5. The first-order valence-corrected chi connectivity index (χ1v) is 25.5. The molecule has 0 unspecified atom stereocenters. The first kappa shape index (κ1) is 53.9. The van der Waals surface area contributed by atoms with Crippen LogP contribution in [0.3, 0.4) is 0 Å². The lowest BCUT2D eigenvalue weighted by Crippen LogP contribution is -2.28. The molecule has 0 aromatic heterocycles. The molecule has 55 heavy (non-hydrogen) atoms. The highest BCUT2D eigenvalue weighted by molar-refractivity contribution is 5.94. The molecule has 0 fully saturated rings. The molecule has 0 bridgehead atoms. The fraction of sp³-hybridized carbons (Fsp3) is 0.961. The molecule has 0 heterocycles. The van der Waals surface area contributed by atoms with Gasteiger partial charge in [0.15, 0.2) is 5.92 Å². The van der Waals surface area contributed by atoms with Crippen molar-refractivity contribution in [2.75, 3.05) is 13.2 Å². The monoisotopic (exact) mass is 777 g/mol. The molecule has 0 aliphatic heterocycles. The van der Waals surface area contributed by atoms with Crippen molar-refractivity contribution in [3.63, 3.8) is 0 Å². The number of hydrogen-bond donors (Lipinski definition) is 0. The van der Waals surface area contributed by atoms with Gasteiger partial charge in [0.25, 0.3) is 0 Å². The van der Waals surface area contributed by atoms with Crippen molar-refractivity contribution in [1.82, 2.24) is 0 Å². The van der Waals surface area contributed by atoms with Gasteiger partial charge in [0, 0.05) is 0 Å². The zero-order valence-electron chi connectivity index (χ0n) is 38.0. The van der Waals surface area contributed by atoms with E-state index >= 15 is 0 Å². The lowest BCUT2D eigenvalue weighted by Gasteiger charge is -2.15. The van der Waals surface area contributed by atoms with E-state index in [9.17, 15) is 9.59 Å². The molecule has 0 aromatic carbocycles. The van der Waals surface area contributed by atoms with Crippen LogP contribution in [0.1, 0.15) is 297 Å². The lowest BCUT2D eigenvalue weighted by atomic mass is 9.99. The highest BCUT2D eigenvalue weighted by Gasteiger charge is 2.29. The van der Waals surface area contributed by atoms with E-state index in [4.69, 9.17) is 9.47 Å². The molecule has 0 saturated heterocycles. The summed E-state index contributed by atoms with van der Waals surface area (Å²) in [5.74, 6) is -1.46. The minimum absolute atomic E-state index is 0.352. The molecule has 0 rings (SSSR count). The molecular weight excluding hydrogens is 677 g/mol. The second kappa shape index (κ2) is 47.3. The molecule has 0 radical (unpaired) electrons. The number of rotatable bonds is 47. The zero-order chi connectivity index (χ0) is 40.0. The molecule has 0 N–H and O–H groups in total. The Labute approximate surface area is 346 Å². The van der Waals surface area contributed by atoms with Crippen molar-refractivity contribution in [1.29, 1.82) is 0 Å². The number of ether oxygens (including phenoxy) is 2. The van der Waals surface area contributed by atoms with Gasteiger partial charge < -0.3 is 9.47 Å². The molecule has 328 valence electrons. The Bertz CT molecular complexity index is 709. The number of unbranched alkanes of at least 4 members (excludes halogenated alkanes) is 39. The second-order valence-corrected chi connectivity index (χ2v) is 17.5. The fourth-order valence-electron chi connectivity index (χ4n) is 8.01. The summed E-state index contributed by atoms with van der Waals surface area (Å²) < 4.78 is 11.4. The lowest BCUT2D eigenvalue weighted by molar-refractivity contribution is -0.162. The minimum Gasteiger partial charge on any atom is -0.465 e. The van der Waals surface area contributed by atoms with Gasteiger partial charge in [-0.3, -0.25) is 9.59 Å². The van der Waals surface area contributed by atoms with Crippen LogP contribution in [0.5, 0.6) is 0 Å². The summed E-state index contributed by atoms with van der Waals surface area (Å²) >= 11 is 0. The Morgan fingerprint density at radius 2 is 0.455 bits per heavy atom. The SMILES string of the molecule is CCCCCCCCCCCCCCCCCCCCC(C(=O)OCCCCCCCCCCCCCC)C(=O)OCCCCCCCCCCCCCC. The maximum atomic E-state index is 13.1. The Morgan fingerprint density at radius 3 is 0.673 bits per heavy atom. The summed E-state index contributed by atoms with van der Waals surface area (Å²) in [6.45, 7) is 7.70. The number of hydrogen-bond acceptors (Lipinski definition) is 4. The molecule has 4 nitrogen and oxygen atoms in total. The van der Waals surface area contributed by atoms with Crippen molar-refractivity contribution in [3.05, 3.63) is 0 Å². The van der Waals surface area contributed by atoms with Crippen LogP contribution < -0.4 is 0 Å². The van der Waals surface area contributed by atoms with Crippen LogP contribution in [-0.2, 0) is 19.1 Å². The Hall–Kier alpha value is -1.06. The van der Waals surface area contributed by atoms with Crippen LogP contribution in [0.2, 0.25) is 0 Å². The van der Waals surface area contributed by atoms with Crippen LogP contribution in [0.25, 0.3) is 0 Å². The summed E-state index contributed by atoms with van der Waals surface area (Å²) in [6, 6.07) is 0. The third kappa shape index (κ3) is 42.4. The third-order valence-electron chi connectivity index (χ3n) is 11.9. The van der Waals surface area contributed by atoms with E-state index in [-0.39, 0.29) is 11.9 Å². The Balaban J connectivity index is 4.19. The normalized spacial score (nSPS) is 11.5. The number of carbonyl (C=O) groups is 2. The standard InChI is InChI=1S/C51H100O4/c1-4-7-10-13-16-19-22-25-26-27-28-29-30-31-34-37-40-43-46-49(50(52)54-47-44-41-38-35-32-23-20-17-14-11-8-5-2)51(53)55-48-45-42-39-36-33-24-21-18-15-12-9-6-3/h49H,4-48H2,1-3H3. The van der Waals surface area contributed by atoms with Crippen molar-refractivity contribution in [3.8, 4) is 0 Å². The molecule has 0 amide bonds. The molecule has 0 atom stereocenters. The van der Waals surface area contributed by atoms with Gasteiger partial charge in [-0.1, -0.05) is 278 Å². The average Bonchev–Trinajstić information content (AvgIpc) is 3.19. The van der Waals surface area contributed by atoms with Gasteiger partial charge in [0.1, 0.15) is 0 Å². The summed E-state index contributed by atoms with van der Waals surface area (Å²) in [5.41, 5.74) is 0. The summed E-state index contributed by atoms with van der Waals surface area (Å²) in [7, 11) is 0. The maximum absolute atomic E-state index is 13.1. The predicted molar refractivity (Wildman–Crippen MR) is 241 cm³/mol. The van der Waals surface area contributed by atoms with Crippen LogP contribution >= 0.6 is 0 Å². The fourth-order valence-corrected chi connectivity index (χ4v) is 8.01. The first-order valence-electron chi connectivity index (χ1n) is 25.5. The number of esters is 2. The van der Waals surface area contributed by atoms with E-state index in [0.29, 0.717) is 19.6 Å². The highest BCUT2D eigenvalue weighted by Crippen LogP contribution is 2.19. The van der Waals surface area contributed by atoms with E-state index in [1.807, 2.05) is 0 Å². The predicted octanol–water partition coefficient (Wildman–Crippen LogP) is 17.5. The molecule has 0 spiro atoms. The van der Waals surface area contributed by atoms with Gasteiger partial charge in [-0.2, -0.15) is 0 Å². The van der Waals surface area contributed by atoms with E-state index in [2.05, 4.69) is 20.8 Å². The van der Waals surface area contributed by atoms with Crippen LogP contribution in [-0.4, -0.2) is 25.2 Å². The smallest absolute Gasteiger partial charge is 0.320 e. The highest BCUT2D eigenvalue weighted by atomic mass is 16.6. The van der Waals surface area contributed by atoms with Crippen LogP contribution in [0.15, 0.2) is 0 Å². The Morgan fingerprint density at radius 1 is 0.273 bits per heavy atom. The van der Waals surface area contributed by atoms with Crippen molar-refractivity contribution < 1.29 is 19.1 Å². The zero-order valence-corrected chi connectivity index (χ0v) is 38.0. The molecule has 0 saturated carbocycles. The molecule has 0 aromatic rings. The minimum atomic E-state index is -0.754. The van der Waals surface area contributed by atoms with Crippen molar-refractivity contribution in [2.45, 2.75) is 297 Å². The van der Waals surface area contributed by atoms with Gasteiger partial charge in [0.05, 0.1) is 13.2 Å². The van der Waals surface area contributed by atoms with Gasteiger partial charge in [-0.25, -0.2) is 0 Å². The van der Waals surface area contributed by atoms with Crippen LogP contribution in [0, 0.1) is 5.92 Å². The first-order chi connectivity index (χ1) is 27.2. The molecule has 0 aliphatic carbocycles. The van der Waals surface area contributed by atoms with Crippen molar-refractivity contribution >= 4 is 11.9 Å². The van der Waals surface area contributed by atoms with Crippen molar-refractivity contribution in [2.24, 2.45) is 5.92 Å². The van der Waals surface area contributed by atoms with Crippen LogP contribution in [0.4, 0.5) is 0 Å². The van der Waals surface area contributed by atoms with E-state index in [1.165, 1.54) is 231 Å². The summed E-state index contributed by atoms with van der Waals surface area (Å²) in [5, 5.41) is 0. The van der Waals surface area contributed by atoms with Gasteiger partial charge in [-0.15, -0.1) is 0 Å². The molecule has 4 heteroatoms. The summed E-state index contributed by atoms with van der Waals surface area (Å²) in [4.78, 5) is 26.2. The topological polar surface area (TPSA) is 52.6 Å². The van der Waals surface area contributed by atoms with E-state index in [1.54, 1.807) is 0 Å². The average molecular weight is 777 g/mol. The Kier molecular flexibility index (Phi) is 46.4. The summed E-state index contributed by atoms with van der Waals surface area (Å²) in [6.07, 6.45) is 55.3. The maximum Gasteiger partial charge on any atom is 0.320 e. The van der Waals surface area contributed by atoms with Gasteiger partial charge in [-0.05, 0) is 19.3 Å². The van der Waals surface area contributed by atoms with E-state index in [0.717, 1.165) is 38.5 Å². The molecule has 0 aliphatic rings. The third-order valence-corrected chi connectivity index (χ3v) is 11.9. The number of carbonyl (C=O) groups excluding carboxylic acids is 2.